The highest BCUT2D eigenvalue weighted by Gasteiger charge is 2.19. The molecule has 0 aromatic heterocycles. The van der Waals surface area contributed by atoms with E-state index in [4.69, 9.17) is 22.1 Å². The van der Waals surface area contributed by atoms with Crippen LogP contribution in [0.5, 0.6) is 0 Å². The van der Waals surface area contributed by atoms with Gasteiger partial charge >= 0.3 is 0 Å². The Morgan fingerprint density at radius 3 is 2.30 bits per heavy atom. The fourth-order valence-electron chi connectivity index (χ4n) is 2.34. The number of hydrogen-bond acceptors (Lipinski definition) is 2. The van der Waals surface area contributed by atoms with Crippen molar-refractivity contribution in [3.05, 3.63) is 34.9 Å². The molecule has 2 N–H and O–H groups in total. The van der Waals surface area contributed by atoms with E-state index >= 15 is 0 Å². The van der Waals surface area contributed by atoms with E-state index in [0.717, 1.165) is 17.0 Å². The monoisotopic (exact) mass is 297 g/mol. The van der Waals surface area contributed by atoms with Gasteiger partial charge < -0.3 is 10.5 Å². The third-order valence-corrected chi connectivity index (χ3v) is 3.77. The zero-order valence-electron chi connectivity index (χ0n) is 12.9. The van der Waals surface area contributed by atoms with E-state index in [1.807, 2.05) is 31.2 Å². The number of rotatable bonds is 9. The molecule has 0 saturated carbocycles. The average Bonchev–Trinajstić information content (AvgIpc) is 2.42. The number of benzene rings is 1. The number of halogens is 1. The molecule has 1 aromatic rings. The number of ether oxygens (including phenoxy) is 1. The molecule has 3 atom stereocenters. The van der Waals surface area contributed by atoms with E-state index in [0.29, 0.717) is 0 Å². The summed E-state index contributed by atoms with van der Waals surface area (Å²) in [6.07, 6.45) is 6.35. The van der Waals surface area contributed by atoms with Crippen molar-refractivity contribution in [1.29, 1.82) is 0 Å². The molecular weight excluding hydrogens is 270 g/mol. The van der Waals surface area contributed by atoms with Crippen LogP contribution in [0.15, 0.2) is 24.3 Å². The molecule has 0 aliphatic carbocycles. The summed E-state index contributed by atoms with van der Waals surface area (Å²) in [6, 6.07) is 7.75. The SMILES string of the molecule is CCCCCCC(C)OC(c1ccc(Cl)cc1)C(C)N. The van der Waals surface area contributed by atoms with Crippen molar-refractivity contribution in [2.45, 2.75) is 71.1 Å². The van der Waals surface area contributed by atoms with Gasteiger partial charge in [-0.25, -0.2) is 0 Å². The molecular formula is C17H28ClNO. The van der Waals surface area contributed by atoms with E-state index in [1.165, 1.54) is 25.7 Å². The van der Waals surface area contributed by atoms with Crippen LogP contribution in [0.2, 0.25) is 5.02 Å². The highest BCUT2D eigenvalue weighted by Crippen LogP contribution is 2.25. The van der Waals surface area contributed by atoms with Crippen LogP contribution in [0, 0.1) is 0 Å². The van der Waals surface area contributed by atoms with Crippen molar-refractivity contribution in [2.24, 2.45) is 5.73 Å². The Bertz CT molecular complexity index is 364. The van der Waals surface area contributed by atoms with E-state index in [9.17, 15) is 0 Å². The van der Waals surface area contributed by atoms with Crippen LogP contribution in [0.4, 0.5) is 0 Å². The summed E-state index contributed by atoms with van der Waals surface area (Å²) >= 11 is 5.93. The third kappa shape index (κ3) is 6.25. The van der Waals surface area contributed by atoms with Crippen molar-refractivity contribution < 1.29 is 4.74 Å². The van der Waals surface area contributed by atoms with Crippen LogP contribution >= 0.6 is 11.6 Å². The molecule has 3 unspecified atom stereocenters. The van der Waals surface area contributed by atoms with Gasteiger partial charge in [0.05, 0.1) is 12.2 Å². The minimum Gasteiger partial charge on any atom is -0.369 e. The smallest absolute Gasteiger partial charge is 0.0976 e. The Hall–Kier alpha value is -0.570. The summed E-state index contributed by atoms with van der Waals surface area (Å²) in [5.74, 6) is 0. The van der Waals surface area contributed by atoms with Crippen LogP contribution < -0.4 is 5.73 Å². The normalized spacial score (nSPS) is 15.8. The van der Waals surface area contributed by atoms with E-state index in [-0.39, 0.29) is 18.2 Å². The molecule has 0 aliphatic rings. The summed E-state index contributed by atoms with van der Waals surface area (Å²) < 4.78 is 6.15. The maximum Gasteiger partial charge on any atom is 0.0976 e. The molecule has 0 saturated heterocycles. The first kappa shape index (κ1) is 17.5. The second-order valence-electron chi connectivity index (χ2n) is 5.63. The lowest BCUT2D eigenvalue weighted by Gasteiger charge is -2.26. The molecule has 0 bridgehead atoms. The van der Waals surface area contributed by atoms with E-state index < -0.39 is 0 Å². The van der Waals surface area contributed by atoms with Gasteiger partial charge in [0, 0.05) is 11.1 Å². The van der Waals surface area contributed by atoms with Crippen molar-refractivity contribution in [1.82, 2.24) is 0 Å². The molecule has 1 rings (SSSR count). The first-order chi connectivity index (χ1) is 9.54. The summed E-state index contributed by atoms with van der Waals surface area (Å²) in [5, 5.41) is 0.741. The second-order valence-corrected chi connectivity index (χ2v) is 6.06. The summed E-state index contributed by atoms with van der Waals surface area (Å²) in [5.41, 5.74) is 7.18. The Morgan fingerprint density at radius 2 is 1.75 bits per heavy atom. The molecule has 0 radical (unpaired) electrons. The maximum absolute atomic E-state index is 6.15. The van der Waals surface area contributed by atoms with Gasteiger partial charge in [0.15, 0.2) is 0 Å². The number of nitrogens with two attached hydrogens (primary N) is 1. The van der Waals surface area contributed by atoms with Gasteiger partial charge in [-0.15, -0.1) is 0 Å². The molecule has 3 heteroatoms. The quantitative estimate of drug-likeness (QED) is 0.643. The van der Waals surface area contributed by atoms with Crippen LogP contribution in [0.3, 0.4) is 0 Å². The maximum atomic E-state index is 6.15. The zero-order valence-corrected chi connectivity index (χ0v) is 13.7. The first-order valence-corrected chi connectivity index (χ1v) is 8.09. The lowest BCUT2D eigenvalue weighted by atomic mass is 10.0. The second kappa shape index (κ2) is 9.38. The van der Waals surface area contributed by atoms with Crippen molar-refractivity contribution in [3.63, 3.8) is 0 Å². The van der Waals surface area contributed by atoms with Crippen molar-refractivity contribution in [3.8, 4) is 0 Å². The zero-order chi connectivity index (χ0) is 15.0. The lowest BCUT2D eigenvalue weighted by molar-refractivity contribution is -0.0194. The van der Waals surface area contributed by atoms with Crippen molar-refractivity contribution >= 4 is 11.6 Å². The Balaban J connectivity index is 2.52. The molecule has 114 valence electrons. The topological polar surface area (TPSA) is 35.2 Å². The summed E-state index contributed by atoms with van der Waals surface area (Å²) in [4.78, 5) is 0. The Kier molecular flexibility index (Phi) is 8.20. The largest absolute Gasteiger partial charge is 0.369 e. The average molecular weight is 298 g/mol. The van der Waals surface area contributed by atoms with Gasteiger partial charge in [0.2, 0.25) is 0 Å². The minimum absolute atomic E-state index is 0.0331. The first-order valence-electron chi connectivity index (χ1n) is 7.71. The predicted molar refractivity (Wildman–Crippen MR) is 87.1 cm³/mol. The third-order valence-electron chi connectivity index (χ3n) is 3.52. The fourth-order valence-corrected chi connectivity index (χ4v) is 2.46. The van der Waals surface area contributed by atoms with Gasteiger partial charge in [-0.3, -0.25) is 0 Å². The van der Waals surface area contributed by atoms with Crippen molar-refractivity contribution in [2.75, 3.05) is 0 Å². The van der Waals surface area contributed by atoms with Gasteiger partial charge in [-0.2, -0.15) is 0 Å². The molecule has 0 amide bonds. The molecule has 0 fully saturated rings. The predicted octanol–water partition coefficient (Wildman–Crippen LogP) is 5.10. The molecule has 0 heterocycles. The standard InChI is InChI=1S/C17H28ClNO/c1-4-5-6-7-8-13(2)20-17(14(3)19)15-9-11-16(18)12-10-15/h9-14,17H,4-8,19H2,1-3H3. The molecule has 0 aliphatic heterocycles. The highest BCUT2D eigenvalue weighted by atomic mass is 35.5. The Labute approximate surface area is 128 Å². The van der Waals surface area contributed by atoms with E-state index in [2.05, 4.69) is 13.8 Å². The summed E-state index contributed by atoms with van der Waals surface area (Å²) in [7, 11) is 0. The molecule has 2 nitrogen and oxygen atoms in total. The lowest BCUT2D eigenvalue weighted by Crippen LogP contribution is -2.29. The van der Waals surface area contributed by atoms with Gasteiger partial charge in [0.1, 0.15) is 0 Å². The van der Waals surface area contributed by atoms with Gasteiger partial charge in [-0.05, 0) is 38.0 Å². The van der Waals surface area contributed by atoms with Crippen LogP contribution in [0.25, 0.3) is 0 Å². The fraction of sp³-hybridized carbons (Fsp3) is 0.647. The van der Waals surface area contributed by atoms with E-state index in [1.54, 1.807) is 0 Å². The van der Waals surface area contributed by atoms with Gasteiger partial charge in [-0.1, -0.05) is 56.3 Å². The van der Waals surface area contributed by atoms with Crippen LogP contribution in [-0.2, 0) is 4.74 Å². The summed E-state index contributed by atoms with van der Waals surface area (Å²) in [6.45, 7) is 6.35. The molecule has 0 spiro atoms. The molecule has 20 heavy (non-hydrogen) atoms. The van der Waals surface area contributed by atoms with Crippen LogP contribution in [-0.4, -0.2) is 12.1 Å². The Morgan fingerprint density at radius 1 is 1.10 bits per heavy atom. The van der Waals surface area contributed by atoms with Gasteiger partial charge in [0.25, 0.3) is 0 Å². The number of unbranched alkanes of at least 4 members (excludes halogenated alkanes) is 3. The number of hydrogen-bond donors (Lipinski definition) is 1. The minimum atomic E-state index is -0.0616. The van der Waals surface area contributed by atoms with Crippen LogP contribution in [0.1, 0.15) is 64.5 Å². The highest BCUT2D eigenvalue weighted by molar-refractivity contribution is 6.30. The molecule has 1 aromatic carbocycles.